The van der Waals surface area contributed by atoms with Gasteiger partial charge >= 0.3 is 0 Å². The molecule has 5 aliphatic rings. The normalized spacial score (nSPS) is 41.0. The molecule has 1 aromatic heterocycles. The van der Waals surface area contributed by atoms with Gasteiger partial charge in [0.1, 0.15) is 0 Å². The number of aromatic nitrogens is 1. The molecule has 1 aromatic rings. The molecule has 3 saturated carbocycles. The molecular formula is C38H50N2O3. The lowest BCUT2D eigenvalue weighted by atomic mass is 9.34. The standard InChI is InChI=1S/C38H50N2O3/c1-10-12-24-13-11-20-40(24)32(43)38-18-16-33(2,3)22-25(38)30-27(41)21-29-35(6)23-26(39-9)31(42)34(4,5)28(35)14-15-36(29,7)37(30,8)17-19-38/h11,13,20-21,23,25,28,30H,10,12,14-19,22H2,1-8H3. The number of fused-ring (bicyclic) bond motifs is 7. The molecule has 5 aliphatic carbocycles. The Balaban J connectivity index is 1.51. The van der Waals surface area contributed by atoms with E-state index in [9.17, 15) is 14.4 Å². The van der Waals surface area contributed by atoms with Gasteiger partial charge in [-0.2, -0.15) is 0 Å². The Morgan fingerprint density at radius 3 is 2.40 bits per heavy atom. The summed E-state index contributed by atoms with van der Waals surface area (Å²) in [6.45, 7) is 25.5. The first-order valence-electron chi connectivity index (χ1n) is 16.7. The van der Waals surface area contributed by atoms with E-state index in [0.717, 1.165) is 69.1 Å². The molecule has 1 heterocycles. The van der Waals surface area contributed by atoms with Crippen LogP contribution in [0, 0.1) is 56.8 Å². The SMILES string of the molecule is [C-]#[N+]C1=CC2(C)C3=CC(=O)C4C5CC(C)(C)CCC5(C(=O)n5cccc5CCC)CCC4(C)C3(C)CCC2C(C)(C)C1=O. The van der Waals surface area contributed by atoms with Crippen LogP contribution in [0.1, 0.15) is 117 Å². The summed E-state index contributed by atoms with van der Waals surface area (Å²) >= 11 is 0. The zero-order chi connectivity index (χ0) is 31.4. The molecule has 5 nitrogen and oxygen atoms in total. The summed E-state index contributed by atoms with van der Waals surface area (Å²) in [7, 11) is 0. The maximum Gasteiger partial charge on any atom is 0.237 e. The van der Waals surface area contributed by atoms with Crippen LogP contribution in [-0.2, 0) is 16.0 Å². The number of Topliss-reactive ketones (excluding diaryl/α,β-unsaturated/α-hetero) is 1. The minimum absolute atomic E-state index is 0.0225. The Morgan fingerprint density at radius 1 is 1.02 bits per heavy atom. The Morgan fingerprint density at radius 2 is 1.72 bits per heavy atom. The molecule has 7 atom stereocenters. The molecule has 0 spiro atoms. The largest absolute Gasteiger partial charge is 0.307 e. The molecule has 0 amide bonds. The molecule has 7 unspecified atom stereocenters. The first-order chi connectivity index (χ1) is 20.0. The molecule has 230 valence electrons. The third-order valence-corrected chi connectivity index (χ3v) is 13.8. The molecule has 0 aliphatic heterocycles. The van der Waals surface area contributed by atoms with Gasteiger partial charge in [-0.25, -0.2) is 4.85 Å². The van der Waals surface area contributed by atoms with Crippen molar-refractivity contribution in [2.24, 2.45) is 50.2 Å². The average molecular weight is 583 g/mol. The number of allylic oxidation sites excluding steroid dienone is 4. The number of aryl methyl sites for hydroxylation is 1. The van der Waals surface area contributed by atoms with Crippen molar-refractivity contribution in [1.29, 1.82) is 0 Å². The first-order valence-corrected chi connectivity index (χ1v) is 16.7. The summed E-state index contributed by atoms with van der Waals surface area (Å²) in [4.78, 5) is 46.6. The van der Waals surface area contributed by atoms with E-state index < -0.39 is 16.2 Å². The number of carbonyl (C=O) groups excluding carboxylic acids is 3. The van der Waals surface area contributed by atoms with Gasteiger partial charge in [0.25, 0.3) is 0 Å². The van der Waals surface area contributed by atoms with Gasteiger partial charge in [0.2, 0.25) is 11.6 Å². The molecule has 5 heteroatoms. The van der Waals surface area contributed by atoms with Gasteiger partial charge in [0, 0.05) is 28.6 Å². The van der Waals surface area contributed by atoms with E-state index in [1.54, 1.807) is 0 Å². The van der Waals surface area contributed by atoms with Crippen LogP contribution in [0.2, 0.25) is 0 Å². The Labute approximate surface area is 258 Å². The van der Waals surface area contributed by atoms with Crippen LogP contribution in [0.25, 0.3) is 4.85 Å². The highest BCUT2D eigenvalue weighted by atomic mass is 16.2. The van der Waals surface area contributed by atoms with E-state index in [2.05, 4.69) is 52.5 Å². The van der Waals surface area contributed by atoms with Crippen LogP contribution in [0.15, 0.2) is 41.8 Å². The maximum atomic E-state index is 14.8. The lowest BCUT2D eigenvalue weighted by Gasteiger charge is -2.69. The maximum absolute atomic E-state index is 14.8. The summed E-state index contributed by atoms with van der Waals surface area (Å²) in [5.41, 5.74) is 0.133. The van der Waals surface area contributed by atoms with Crippen molar-refractivity contribution >= 4 is 17.5 Å². The predicted molar refractivity (Wildman–Crippen MR) is 169 cm³/mol. The molecule has 43 heavy (non-hydrogen) atoms. The Kier molecular flexibility index (Phi) is 6.61. The van der Waals surface area contributed by atoms with Crippen LogP contribution in [0.4, 0.5) is 0 Å². The lowest BCUT2D eigenvalue weighted by molar-refractivity contribution is -0.164. The van der Waals surface area contributed by atoms with Crippen molar-refractivity contribution in [3.8, 4) is 0 Å². The molecule has 0 aromatic carbocycles. The highest BCUT2D eigenvalue weighted by Gasteiger charge is 2.70. The van der Waals surface area contributed by atoms with Crippen molar-refractivity contribution in [3.63, 3.8) is 0 Å². The zero-order valence-corrected chi connectivity index (χ0v) is 27.6. The average Bonchev–Trinajstić information content (AvgIpc) is 3.40. The van der Waals surface area contributed by atoms with Crippen LogP contribution < -0.4 is 0 Å². The van der Waals surface area contributed by atoms with E-state index in [1.165, 1.54) is 0 Å². The van der Waals surface area contributed by atoms with E-state index >= 15 is 0 Å². The molecule has 0 radical (unpaired) electrons. The van der Waals surface area contributed by atoms with Gasteiger partial charge in [0.15, 0.2) is 11.6 Å². The number of carbonyl (C=O) groups is 3. The van der Waals surface area contributed by atoms with Crippen molar-refractivity contribution in [2.45, 2.75) is 113 Å². The van der Waals surface area contributed by atoms with Gasteiger partial charge in [-0.05, 0) is 97.7 Å². The van der Waals surface area contributed by atoms with Gasteiger partial charge in [-0.3, -0.25) is 14.2 Å². The highest BCUT2D eigenvalue weighted by Crippen LogP contribution is 2.74. The number of nitrogens with zero attached hydrogens (tertiary/aromatic N) is 2. The Bertz CT molecular complexity index is 1520. The minimum atomic E-state index is -0.666. The number of ketones is 2. The van der Waals surface area contributed by atoms with E-state index in [-0.39, 0.29) is 57.2 Å². The third kappa shape index (κ3) is 3.83. The summed E-state index contributed by atoms with van der Waals surface area (Å²) in [5.74, 6) is 0.0681. The quantitative estimate of drug-likeness (QED) is 0.335. The highest BCUT2D eigenvalue weighted by molar-refractivity contribution is 6.03. The number of hydrogen-bond donors (Lipinski definition) is 0. The van der Waals surface area contributed by atoms with Gasteiger partial charge < -0.3 is 4.79 Å². The number of hydrogen-bond acceptors (Lipinski definition) is 3. The summed E-state index contributed by atoms with van der Waals surface area (Å²) in [5, 5.41) is 0. The second-order valence-electron chi connectivity index (χ2n) is 16.8. The fourth-order valence-corrected chi connectivity index (χ4v) is 11.3. The lowest BCUT2D eigenvalue weighted by Crippen LogP contribution is -2.66. The van der Waals surface area contributed by atoms with Crippen molar-refractivity contribution in [1.82, 2.24) is 4.57 Å². The van der Waals surface area contributed by atoms with Crippen LogP contribution >= 0.6 is 0 Å². The van der Waals surface area contributed by atoms with Gasteiger partial charge in [-0.1, -0.05) is 73.5 Å². The summed E-state index contributed by atoms with van der Waals surface area (Å²) in [6.07, 6.45) is 13.8. The van der Waals surface area contributed by atoms with Gasteiger partial charge in [-0.15, -0.1) is 0 Å². The molecular weight excluding hydrogens is 532 g/mol. The fraction of sp³-hybridized carbons (Fsp3) is 0.684. The topological polar surface area (TPSA) is 60.5 Å². The van der Waals surface area contributed by atoms with Gasteiger partial charge in [0.05, 0.1) is 12.0 Å². The molecule has 0 N–H and O–H groups in total. The second-order valence-corrected chi connectivity index (χ2v) is 16.8. The predicted octanol–water partition coefficient (Wildman–Crippen LogP) is 8.65. The molecule has 0 bridgehead atoms. The fourth-order valence-electron chi connectivity index (χ4n) is 11.3. The second kappa shape index (κ2) is 9.38. The van der Waals surface area contributed by atoms with Crippen molar-refractivity contribution in [2.75, 3.05) is 0 Å². The van der Waals surface area contributed by atoms with Crippen LogP contribution in [0.5, 0.6) is 0 Å². The smallest absolute Gasteiger partial charge is 0.237 e. The molecule has 0 saturated heterocycles. The minimum Gasteiger partial charge on any atom is -0.307 e. The van der Waals surface area contributed by atoms with E-state index in [0.29, 0.717) is 0 Å². The molecule has 6 rings (SSSR count). The summed E-state index contributed by atoms with van der Waals surface area (Å²) < 4.78 is 1.93. The Hall–Kier alpha value is -2.74. The van der Waals surface area contributed by atoms with E-state index in [1.807, 2.05) is 42.8 Å². The van der Waals surface area contributed by atoms with Crippen LogP contribution in [0.3, 0.4) is 0 Å². The first kappa shape index (κ1) is 30.3. The van der Waals surface area contributed by atoms with Crippen LogP contribution in [-0.4, -0.2) is 22.0 Å². The summed E-state index contributed by atoms with van der Waals surface area (Å²) in [6, 6.07) is 4.07. The third-order valence-electron chi connectivity index (χ3n) is 13.8. The van der Waals surface area contributed by atoms with Crippen molar-refractivity contribution < 1.29 is 14.4 Å². The van der Waals surface area contributed by atoms with E-state index in [4.69, 9.17) is 6.57 Å². The monoisotopic (exact) mass is 582 g/mol. The zero-order valence-electron chi connectivity index (χ0n) is 27.6. The number of rotatable bonds is 3. The van der Waals surface area contributed by atoms with Crippen molar-refractivity contribution in [3.05, 3.63) is 58.9 Å². The molecule has 3 fully saturated rings.